The molecule has 4 aliphatic rings. The Morgan fingerprint density at radius 1 is 1.17 bits per heavy atom. The minimum atomic E-state index is -0.451. The van der Waals surface area contributed by atoms with E-state index in [4.69, 9.17) is 9.47 Å². The SMILES string of the molecule is O=C(C1CC2CCC1C2)N1CCC2(C1)OCCO2. The highest BCUT2D eigenvalue weighted by atomic mass is 16.7. The van der Waals surface area contributed by atoms with Crippen molar-refractivity contribution in [3.63, 3.8) is 0 Å². The minimum absolute atomic E-state index is 0.306. The van der Waals surface area contributed by atoms with E-state index in [9.17, 15) is 4.79 Å². The van der Waals surface area contributed by atoms with Crippen molar-refractivity contribution in [3.8, 4) is 0 Å². The van der Waals surface area contributed by atoms with E-state index in [1.165, 1.54) is 19.3 Å². The summed E-state index contributed by atoms with van der Waals surface area (Å²) in [5.41, 5.74) is 0. The van der Waals surface area contributed by atoms with Crippen molar-refractivity contribution in [3.05, 3.63) is 0 Å². The summed E-state index contributed by atoms with van der Waals surface area (Å²) in [6.07, 6.45) is 5.90. The van der Waals surface area contributed by atoms with Crippen LogP contribution in [0, 0.1) is 17.8 Å². The summed E-state index contributed by atoms with van der Waals surface area (Å²) in [7, 11) is 0. The molecule has 1 amide bonds. The lowest BCUT2D eigenvalue weighted by Gasteiger charge is -2.27. The molecule has 100 valence electrons. The number of rotatable bonds is 1. The quantitative estimate of drug-likeness (QED) is 0.707. The van der Waals surface area contributed by atoms with E-state index < -0.39 is 5.79 Å². The van der Waals surface area contributed by atoms with Gasteiger partial charge in [0.2, 0.25) is 5.91 Å². The van der Waals surface area contributed by atoms with E-state index in [0.29, 0.717) is 37.5 Å². The summed E-state index contributed by atoms with van der Waals surface area (Å²) in [5.74, 6) is 1.73. The predicted octanol–water partition coefficient (Wildman–Crippen LogP) is 1.40. The van der Waals surface area contributed by atoms with E-state index in [0.717, 1.165) is 25.3 Å². The zero-order chi connectivity index (χ0) is 12.2. The van der Waals surface area contributed by atoms with Gasteiger partial charge in [0.15, 0.2) is 5.79 Å². The van der Waals surface area contributed by atoms with E-state index in [1.807, 2.05) is 4.90 Å². The summed E-state index contributed by atoms with van der Waals surface area (Å²) < 4.78 is 11.4. The second-order valence-electron chi connectivity index (χ2n) is 6.40. The summed E-state index contributed by atoms with van der Waals surface area (Å²) in [6.45, 7) is 2.82. The van der Waals surface area contributed by atoms with Gasteiger partial charge in [-0.15, -0.1) is 0 Å². The van der Waals surface area contributed by atoms with Crippen molar-refractivity contribution in [1.29, 1.82) is 0 Å². The molecule has 2 bridgehead atoms. The monoisotopic (exact) mass is 251 g/mol. The van der Waals surface area contributed by atoms with Crippen molar-refractivity contribution in [2.24, 2.45) is 17.8 Å². The van der Waals surface area contributed by atoms with Crippen molar-refractivity contribution in [1.82, 2.24) is 4.90 Å². The summed E-state index contributed by atoms with van der Waals surface area (Å²) in [4.78, 5) is 14.6. The van der Waals surface area contributed by atoms with Crippen molar-refractivity contribution >= 4 is 5.91 Å². The van der Waals surface area contributed by atoms with Crippen LogP contribution in [0.5, 0.6) is 0 Å². The van der Waals surface area contributed by atoms with Crippen molar-refractivity contribution < 1.29 is 14.3 Å². The molecule has 4 heteroatoms. The van der Waals surface area contributed by atoms with Gasteiger partial charge in [0.05, 0.1) is 19.8 Å². The minimum Gasteiger partial charge on any atom is -0.346 e. The molecular weight excluding hydrogens is 230 g/mol. The molecule has 0 aromatic heterocycles. The van der Waals surface area contributed by atoms with Crippen LogP contribution < -0.4 is 0 Å². The van der Waals surface area contributed by atoms with Crippen LogP contribution >= 0.6 is 0 Å². The first-order chi connectivity index (χ1) is 8.76. The van der Waals surface area contributed by atoms with Crippen LogP contribution in [0.1, 0.15) is 32.1 Å². The largest absolute Gasteiger partial charge is 0.346 e. The molecule has 4 rings (SSSR count). The maximum absolute atomic E-state index is 12.6. The Balaban J connectivity index is 1.43. The highest BCUT2D eigenvalue weighted by Gasteiger charge is 2.49. The Morgan fingerprint density at radius 3 is 2.67 bits per heavy atom. The topological polar surface area (TPSA) is 38.8 Å². The maximum atomic E-state index is 12.6. The van der Waals surface area contributed by atoms with Crippen LogP contribution in [0.15, 0.2) is 0 Å². The molecule has 1 spiro atoms. The van der Waals surface area contributed by atoms with Gasteiger partial charge in [-0.2, -0.15) is 0 Å². The van der Waals surface area contributed by atoms with Gasteiger partial charge < -0.3 is 14.4 Å². The Bertz CT molecular complexity index is 364. The number of carbonyl (C=O) groups excluding carboxylic acids is 1. The molecule has 18 heavy (non-hydrogen) atoms. The first-order valence-corrected chi connectivity index (χ1v) is 7.32. The summed E-state index contributed by atoms with van der Waals surface area (Å²) >= 11 is 0. The predicted molar refractivity (Wildman–Crippen MR) is 64.8 cm³/mol. The Morgan fingerprint density at radius 2 is 2.00 bits per heavy atom. The number of carbonyl (C=O) groups is 1. The molecule has 0 aromatic carbocycles. The molecule has 4 fully saturated rings. The molecule has 0 aromatic rings. The smallest absolute Gasteiger partial charge is 0.226 e. The van der Waals surface area contributed by atoms with Crippen LogP contribution in [0.3, 0.4) is 0 Å². The molecule has 2 saturated heterocycles. The third-order valence-corrected chi connectivity index (χ3v) is 5.37. The molecule has 4 nitrogen and oxygen atoms in total. The zero-order valence-corrected chi connectivity index (χ0v) is 10.8. The van der Waals surface area contributed by atoms with Crippen LogP contribution in [-0.4, -0.2) is 42.9 Å². The number of likely N-dealkylation sites (tertiary alicyclic amines) is 1. The lowest BCUT2D eigenvalue weighted by Crippen LogP contribution is -2.40. The normalized spacial score (nSPS) is 41.1. The fraction of sp³-hybridized carbons (Fsp3) is 0.929. The Kier molecular flexibility index (Phi) is 2.46. The molecule has 3 atom stereocenters. The second kappa shape index (κ2) is 3.94. The first-order valence-electron chi connectivity index (χ1n) is 7.32. The first kappa shape index (κ1) is 11.2. The lowest BCUT2D eigenvalue weighted by molar-refractivity contribution is -0.155. The van der Waals surface area contributed by atoms with Crippen molar-refractivity contribution in [2.75, 3.05) is 26.3 Å². The lowest BCUT2D eigenvalue weighted by atomic mass is 9.88. The maximum Gasteiger partial charge on any atom is 0.226 e. The molecule has 2 heterocycles. The van der Waals surface area contributed by atoms with Gasteiger partial charge in [0, 0.05) is 18.9 Å². The second-order valence-corrected chi connectivity index (χ2v) is 6.40. The number of hydrogen-bond acceptors (Lipinski definition) is 3. The van der Waals surface area contributed by atoms with Gasteiger partial charge in [-0.05, 0) is 31.1 Å². The van der Waals surface area contributed by atoms with Gasteiger partial charge in [0.1, 0.15) is 0 Å². The highest BCUT2D eigenvalue weighted by molar-refractivity contribution is 5.80. The average molecular weight is 251 g/mol. The van der Waals surface area contributed by atoms with E-state index in [2.05, 4.69) is 0 Å². The van der Waals surface area contributed by atoms with E-state index in [-0.39, 0.29) is 0 Å². The van der Waals surface area contributed by atoms with Crippen LogP contribution in [0.25, 0.3) is 0 Å². The molecule has 0 radical (unpaired) electrons. The Hall–Kier alpha value is -0.610. The number of hydrogen-bond donors (Lipinski definition) is 0. The van der Waals surface area contributed by atoms with Crippen molar-refractivity contribution in [2.45, 2.75) is 37.9 Å². The van der Waals surface area contributed by atoms with Crippen LogP contribution in [0.4, 0.5) is 0 Å². The van der Waals surface area contributed by atoms with E-state index in [1.54, 1.807) is 0 Å². The zero-order valence-electron chi connectivity index (χ0n) is 10.8. The molecule has 2 aliphatic carbocycles. The molecule has 2 aliphatic heterocycles. The average Bonchev–Trinajstić information content (AvgIpc) is 3.13. The molecular formula is C14H21NO3. The van der Waals surface area contributed by atoms with Crippen LogP contribution in [0.2, 0.25) is 0 Å². The number of nitrogens with zero attached hydrogens (tertiary/aromatic N) is 1. The number of ether oxygens (including phenoxy) is 2. The van der Waals surface area contributed by atoms with Gasteiger partial charge >= 0.3 is 0 Å². The standard InChI is InChI=1S/C14H21NO3/c16-13(12-8-10-1-2-11(12)7-10)15-4-3-14(9-15)17-5-6-18-14/h10-12H,1-9H2. The summed E-state index contributed by atoms with van der Waals surface area (Å²) in [5, 5.41) is 0. The van der Waals surface area contributed by atoms with Crippen LogP contribution in [-0.2, 0) is 14.3 Å². The molecule has 2 saturated carbocycles. The van der Waals surface area contributed by atoms with Gasteiger partial charge in [-0.3, -0.25) is 4.79 Å². The summed E-state index contributed by atoms with van der Waals surface area (Å²) in [6, 6.07) is 0. The number of amides is 1. The molecule has 0 N–H and O–H groups in total. The van der Waals surface area contributed by atoms with Gasteiger partial charge in [0.25, 0.3) is 0 Å². The molecule has 3 unspecified atom stereocenters. The highest BCUT2D eigenvalue weighted by Crippen LogP contribution is 2.49. The third-order valence-electron chi connectivity index (χ3n) is 5.37. The fourth-order valence-corrected chi connectivity index (χ4v) is 4.46. The fourth-order valence-electron chi connectivity index (χ4n) is 4.46. The number of fused-ring (bicyclic) bond motifs is 2. The van der Waals surface area contributed by atoms with Gasteiger partial charge in [-0.25, -0.2) is 0 Å². The third kappa shape index (κ3) is 1.62. The van der Waals surface area contributed by atoms with Gasteiger partial charge in [-0.1, -0.05) is 6.42 Å². The van der Waals surface area contributed by atoms with E-state index >= 15 is 0 Å². The Labute approximate surface area is 108 Å².